The van der Waals surface area contributed by atoms with Gasteiger partial charge in [0.25, 0.3) is 0 Å². The van der Waals surface area contributed by atoms with Gasteiger partial charge in [-0.3, -0.25) is 0 Å². The van der Waals surface area contributed by atoms with E-state index in [-0.39, 0.29) is 0 Å². The van der Waals surface area contributed by atoms with Crippen LogP contribution in [0.5, 0.6) is 0 Å². The molecule has 0 aliphatic rings. The van der Waals surface area contributed by atoms with E-state index in [0.717, 1.165) is 122 Å². The number of hydrogen-bond acceptors (Lipinski definition) is 2. The topological polar surface area (TPSA) is 77.2 Å². The highest BCUT2D eigenvalue weighted by Crippen LogP contribution is 2.46. The summed E-state index contributed by atoms with van der Waals surface area (Å²) in [6.07, 6.45) is 0. The molecule has 20 aromatic rings. The van der Waals surface area contributed by atoms with Crippen molar-refractivity contribution in [3.63, 3.8) is 0 Å². The number of para-hydroxylation sites is 8. The molecule has 20 rings (SSSR count). The average molecular weight is 1200 g/mol. The predicted octanol–water partition coefficient (Wildman–Crippen LogP) is 21.7. The molecule has 0 aliphatic carbocycles. The predicted molar refractivity (Wildman–Crippen MR) is 387 cm³/mol. The van der Waals surface area contributed by atoms with Crippen LogP contribution >= 0.6 is 0 Å². The average Bonchev–Trinajstić information content (AvgIpc) is 1.53. The van der Waals surface area contributed by atoms with E-state index < -0.39 is 0 Å². The molecule has 8 nitrogen and oxygen atoms in total. The van der Waals surface area contributed by atoms with Gasteiger partial charge in [-0.25, -0.2) is 0 Å². The molecule has 0 unspecified atom stereocenters. The van der Waals surface area contributed by atoms with Crippen LogP contribution in [0.3, 0.4) is 0 Å². The van der Waals surface area contributed by atoms with Crippen LogP contribution < -0.4 is 0 Å². The molecule has 0 N–H and O–H groups in total. The third-order valence-electron chi connectivity index (χ3n) is 19.9. The molecule has 8 heteroatoms. The van der Waals surface area contributed by atoms with Crippen molar-refractivity contribution in [1.29, 1.82) is 10.5 Å². The highest BCUT2D eigenvalue weighted by molar-refractivity contribution is 6.17. The second-order valence-electron chi connectivity index (χ2n) is 24.6. The molecule has 0 bridgehead atoms. The van der Waals surface area contributed by atoms with E-state index in [4.69, 9.17) is 0 Å². The summed E-state index contributed by atoms with van der Waals surface area (Å²) in [5.41, 5.74) is 20.3. The van der Waals surface area contributed by atoms with Crippen LogP contribution in [0.15, 0.2) is 303 Å². The Bertz CT molecular complexity index is 5850. The first kappa shape index (κ1) is 51.7. The molecule has 0 saturated carbocycles. The quantitative estimate of drug-likeness (QED) is 0.159. The first-order valence-electron chi connectivity index (χ1n) is 31.8. The summed E-state index contributed by atoms with van der Waals surface area (Å²) in [7, 11) is 0. The van der Waals surface area contributed by atoms with Gasteiger partial charge in [-0.05, 0) is 126 Å². The maximum atomic E-state index is 12.7. The van der Waals surface area contributed by atoms with Crippen LogP contribution in [0, 0.1) is 22.7 Å². The lowest BCUT2D eigenvalue weighted by Crippen LogP contribution is -2.06. The van der Waals surface area contributed by atoms with Gasteiger partial charge in [0.05, 0.1) is 89.2 Å². The van der Waals surface area contributed by atoms with Crippen molar-refractivity contribution >= 4 is 131 Å². The van der Waals surface area contributed by atoms with Crippen molar-refractivity contribution in [3.8, 4) is 57.4 Å². The van der Waals surface area contributed by atoms with Crippen molar-refractivity contribution in [2.24, 2.45) is 0 Å². The minimum atomic E-state index is 0.463. The van der Waals surface area contributed by atoms with E-state index >= 15 is 0 Å². The summed E-state index contributed by atoms with van der Waals surface area (Å²) in [4.78, 5) is 0. The van der Waals surface area contributed by atoms with E-state index in [1.807, 2.05) is 24.3 Å². The minimum Gasteiger partial charge on any atom is -0.309 e. The maximum absolute atomic E-state index is 12.7. The third-order valence-corrected chi connectivity index (χ3v) is 19.9. The molecule has 0 spiro atoms. The molecule has 0 aliphatic heterocycles. The van der Waals surface area contributed by atoms with E-state index in [1.54, 1.807) is 0 Å². The number of rotatable bonds is 7. The fourth-order valence-electron chi connectivity index (χ4n) is 15.9. The van der Waals surface area contributed by atoms with Crippen molar-refractivity contribution < 1.29 is 0 Å². The summed E-state index contributed by atoms with van der Waals surface area (Å²) in [5, 5.41) is 37.3. The van der Waals surface area contributed by atoms with Gasteiger partial charge in [-0.15, -0.1) is 0 Å². The first-order valence-corrected chi connectivity index (χ1v) is 31.8. The van der Waals surface area contributed by atoms with Gasteiger partial charge >= 0.3 is 0 Å². The van der Waals surface area contributed by atoms with Gasteiger partial charge in [0.1, 0.15) is 11.6 Å². The van der Waals surface area contributed by atoms with Crippen molar-refractivity contribution in [2.75, 3.05) is 0 Å². The second-order valence-corrected chi connectivity index (χ2v) is 24.6. The van der Waals surface area contributed by atoms with Crippen LogP contribution in [0.1, 0.15) is 11.1 Å². The maximum Gasteiger partial charge on any atom is 0.104 e. The summed E-state index contributed by atoms with van der Waals surface area (Å²) < 4.78 is 14.1. The Morgan fingerprint density at radius 3 is 0.691 bits per heavy atom. The van der Waals surface area contributed by atoms with Crippen LogP contribution in [-0.2, 0) is 0 Å². The molecular formula is C86H50N8. The first-order chi connectivity index (χ1) is 46.6. The van der Waals surface area contributed by atoms with Gasteiger partial charge < -0.3 is 27.4 Å². The lowest BCUT2D eigenvalue weighted by Gasteiger charge is -2.20. The highest BCUT2D eigenvalue weighted by Gasteiger charge is 2.27. The molecule has 0 atom stereocenters. The largest absolute Gasteiger partial charge is 0.309 e. The normalized spacial score (nSPS) is 12.0. The Balaban J connectivity index is 0.945. The van der Waals surface area contributed by atoms with Gasteiger partial charge in [0.2, 0.25) is 0 Å². The van der Waals surface area contributed by atoms with Gasteiger partial charge in [0.15, 0.2) is 0 Å². The molecule has 14 aromatic carbocycles. The Labute approximate surface area is 537 Å². The molecule has 94 heavy (non-hydrogen) atoms. The molecule has 6 aromatic heterocycles. The monoisotopic (exact) mass is 1190 g/mol. The lowest BCUT2D eigenvalue weighted by molar-refractivity contribution is 1.10. The van der Waals surface area contributed by atoms with Gasteiger partial charge in [-0.2, -0.15) is 10.5 Å². The fraction of sp³-hybridized carbons (Fsp3) is 0. The number of aromatic nitrogens is 6. The molecule has 0 saturated heterocycles. The summed E-state index contributed by atoms with van der Waals surface area (Å²) in [6.45, 7) is 0. The third kappa shape index (κ3) is 7.19. The SMILES string of the molecule is N#Cc1ccccc1-c1cc(-n2c3cc(-n4c5ccccc5c5ccccc54)ccc3c3ccc(-n4c5ccccc5c5ccccc54)cc32)c(C#N)c(-n2c3cc(-n4c5ccccc5c5ccccc54)ccc3c3ccc(-n4c5ccccc5c5ccccc54)cc32)c1. The van der Waals surface area contributed by atoms with E-state index in [9.17, 15) is 10.5 Å². The molecule has 0 amide bonds. The van der Waals surface area contributed by atoms with Gasteiger partial charge in [0, 0.05) is 87.4 Å². The smallest absolute Gasteiger partial charge is 0.104 e. The van der Waals surface area contributed by atoms with Crippen LogP contribution in [0.4, 0.5) is 0 Å². The van der Waals surface area contributed by atoms with E-state index in [1.165, 1.54) is 43.1 Å². The Morgan fingerprint density at radius 1 is 0.202 bits per heavy atom. The standard InChI is InChI=1S/C86H50N8/c87-51-53-19-1-2-20-59(53)54-45-81(93-83-47-55(89-73-29-11-3-21-60(73)61-22-4-12-30-74(61)89)37-41-68(83)69-42-38-56(48-84(69)93)90-75-31-13-5-23-62(75)63-24-6-14-32-76(63)90)72(52-88)82(46-54)94-85-49-57(91-77-33-15-7-25-64(77)65-26-8-16-34-78(65)91)39-43-70(85)71-44-40-58(50-86(71)94)92-79-35-17-9-27-66(79)67-28-10-18-36-80(67)92/h1-50H. The zero-order valence-corrected chi connectivity index (χ0v) is 50.4. The zero-order chi connectivity index (χ0) is 61.9. The number of fused-ring (bicyclic) bond motifs is 18. The number of nitriles is 2. The number of nitrogens with zero attached hydrogens (tertiary/aromatic N) is 8. The summed E-state index contributed by atoms with van der Waals surface area (Å²) >= 11 is 0. The molecule has 6 heterocycles. The van der Waals surface area contributed by atoms with E-state index in [2.05, 4.69) is 319 Å². The number of benzene rings is 14. The van der Waals surface area contributed by atoms with Crippen molar-refractivity contribution in [3.05, 3.63) is 314 Å². The highest BCUT2D eigenvalue weighted by atomic mass is 15.1. The fourth-order valence-corrected chi connectivity index (χ4v) is 15.9. The molecule has 434 valence electrons. The minimum absolute atomic E-state index is 0.463. The lowest BCUT2D eigenvalue weighted by atomic mass is 9.96. The number of hydrogen-bond donors (Lipinski definition) is 0. The van der Waals surface area contributed by atoms with Crippen molar-refractivity contribution in [2.45, 2.75) is 0 Å². The summed E-state index contributed by atoms with van der Waals surface area (Å²) in [6, 6.07) is 114. The second kappa shape index (κ2) is 19.7. The van der Waals surface area contributed by atoms with Crippen molar-refractivity contribution in [1.82, 2.24) is 27.4 Å². The van der Waals surface area contributed by atoms with Crippen LogP contribution in [-0.4, -0.2) is 27.4 Å². The van der Waals surface area contributed by atoms with Gasteiger partial charge in [-0.1, -0.05) is 188 Å². The molecular weight excluding hydrogens is 1150 g/mol. The Kier molecular flexibility index (Phi) is 10.8. The van der Waals surface area contributed by atoms with Crippen LogP contribution in [0.25, 0.3) is 176 Å². The van der Waals surface area contributed by atoms with Crippen LogP contribution in [0.2, 0.25) is 0 Å². The Morgan fingerprint density at radius 2 is 0.436 bits per heavy atom. The van der Waals surface area contributed by atoms with E-state index in [0.29, 0.717) is 22.5 Å². The Hall–Kier alpha value is -13.1. The summed E-state index contributed by atoms with van der Waals surface area (Å²) in [5.74, 6) is 0. The zero-order valence-electron chi connectivity index (χ0n) is 50.4. The molecule has 0 radical (unpaired) electrons. The molecule has 0 fully saturated rings.